The van der Waals surface area contributed by atoms with Gasteiger partial charge < -0.3 is 19.4 Å². The third-order valence-electron chi connectivity index (χ3n) is 5.62. The van der Waals surface area contributed by atoms with Crippen molar-refractivity contribution in [1.29, 1.82) is 0 Å². The Morgan fingerprint density at radius 1 is 1.09 bits per heavy atom. The van der Waals surface area contributed by atoms with Gasteiger partial charge in [-0.15, -0.1) is 0 Å². The fourth-order valence-electron chi connectivity index (χ4n) is 3.99. The molecule has 7 heteroatoms. The van der Waals surface area contributed by atoms with E-state index in [0.717, 1.165) is 29.0 Å². The molecule has 1 N–H and O–H groups in total. The number of carbonyl (C=O) groups is 2. The number of fused-ring (bicyclic) bond motifs is 1. The zero-order valence-corrected chi connectivity index (χ0v) is 18.3. The number of aromatic nitrogens is 2. The summed E-state index contributed by atoms with van der Waals surface area (Å²) in [5, 5.41) is 2.91. The predicted octanol–water partition coefficient (Wildman–Crippen LogP) is 4.60. The van der Waals surface area contributed by atoms with Crippen molar-refractivity contribution in [3.8, 4) is 5.75 Å². The van der Waals surface area contributed by atoms with Gasteiger partial charge in [-0.05, 0) is 61.4 Å². The molecule has 0 saturated carbocycles. The minimum atomic E-state index is -0.242. The number of amides is 2. The minimum Gasteiger partial charge on any atom is -0.487 e. The van der Waals surface area contributed by atoms with E-state index in [-0.39, 0.29) is 11.8 Å². The molecule has 2 amide bonds. The Morgan fingerprint density at radius 2 is 1.97 bits per heavy atom. The summed E-state index contributed by atoms with van der Waals surface area (Å²) in [4.78, 5) is 31.2. The van der Waals surface area contributed by atoms with Crippen molar-refractivity contribution in [3.05, 3.63) is 89.9 Å². The highest BCUT2D eigenvalue weighted by molar-refractivity contribution is 6.05. The molecule has 1 saturated heterocycles. The smallest absolute Gasteiger partial charge is 0.255 e. The van der Waals surface area contributed by atoms with Crippen molar-refractivity contribution in [3.63, 3.8) is 0 Å². The third kappa shape index (κ3) is 4.57. The molecule has 0 aliphatic carbocycles. The van der Waals surface area contributed by atoms with E-state index >= 15 is 0 Å². The van der Waals surface area contributed by atoms with Crippen LogP contribution in [0.25, 0.3) is 5.65 Å². The second kappa shape index (κ2) is 8.78. The maximum atomic E-state index is 12.8. The SMILES string of the molecule is Cc1ccc2nc(COc3cccc(C(=O)Nc4cccc(N5CCCC5=O)c4)c3)cn2c1. The van der Waals surface area contributed by atoms with Crippen molar-refractivity contribution >= 4 is 28.8 Å². The molecule has 166 valence electrons. The first-order valence-electron chi connectivity index (χ1n) is 10.9. The minimum absolute atomic E-state index is 0.115. The van der Waals surface area contributed by atoms with Crippen molar-refractivity contribution in [2.24, 2.45) is 0 Å². The number of carbonyl (C=O) groups excluding carboxylic acids is 2. The van der Waals surface area contributed by atoms with Gasteiger partial charge in [-0.3, -0.25) is 9.59 Å². The van der Waals surface area contributed by atoms with Crippen molar-refractivity contribution < 1.29 is 14.3 Å². The summed E-state index contributed by atoms with van der Waals surface area (Å²) in [7, 11) is 0. The number of rotatable bonds is 6. The molecule has 4 aromatic rings. The van der Waals surface area contributed by atoms with Gasteiger partial charge in [-0.2, -0.15) is 0 Å². The Labute approximate surface area is 191 Å². The van der Waals surface area contributed by atoms with E-state index in [9.17, 15) is 9.59 Å². The number of nitrogens with zero attached hydrogens (tertiary/aromatic N) is 3. The van der Waals surface area contributed by atoms with Crippen LogP contribution in [0.15, 0.2) is 73.1 Å². The molecule has 0 bridgehead atoms. The van der Waals surface area contributed by atoms with Gasteiger partial charge >= 0.3 is 0 Å². The first kappa shape index (κ1) is 20.8. The maximum Gasteiger partial charge on any atom is 0.255 e. The lowest BCUT2D eigenvalue weighted by Crippen LogP contribution is -2.23. The Bertz CT molecular complexity index is 1340. The molecule has 7 nitrogen and oxygen atoms in total. The predicted molar refractivity (Wildman–Crippen MR) is 127 cm³/mol. The Morgan fingerprint density at radius 3 is 2.82 bits per heavy atom. The number of ether oxygens (including phenoxy) is 1. The highest BCUT2D eigenvalue weighted by Crippen LogP contribution is 2.25. The second-order valence-corrected chi connectivity index (χ2v) is 8.17. The van der Waals surface area contributed by atoms with Crippen molar-refractivity contribution in [1.82, 2.24) is 9.38 Å². The average Bonchev–Trinajstić information content (AvgIpc) is 3.43. The number of imidazole rings is 1. The number of benzene rings is 2. The zero-order valence-electron chi connectivity index (χ0n) is 18.3. The lowest BCUT2D eigenvalue weighted by Gasteiger charge is -2.17. The summed E-state index contributed by atoms with van der Waals surface area (Å²) in [6.07, 6.45) is 5.39. The summed E-state index contributed by atoms with van der Waals surface area (Å²) in [5.74, 6) is 0.463. The molecule has 3 heterocycles. The molecule has 1 aliphatic rings. The molecule has 33 heavy (non-hydrogen) atoms. The molecule has 0 radical (unpaired) electrons. The van der Waals surface area contributed by atoms with Crippen LogP contribution in [0, 0.1) is 6.92 Å². The summed E-state index contributed by atoms with van der Waals surface area (Å²) in [5.41, 5.74) is 4.76. The van der Waals surface area contributed by atoms with E-state index in [2.05, 4.69) is 10.3 Å². The summed E-state index contributed by atoms with van der Waals surface area (Å²) in [6, 6.07) is 18.4. The van der Waals surface area contributed by atoms with Gasteiger partial charge in [0.2, 0.25) is 5.91 Å². The topological polar surface area (TPSA) is 75.9 Å². The van der Waals surface area contributed by atoms with E-state index in [4.69, 9.17) is 4.74 Å². The third-order valence-corrected chi connectivity index (χ3v) is 5.62. The molecule has 1 aliphatic heterocycles. The summed E-state index contributed by atoms with van der Waals surface area (Å²) < 4.78 is 7.87. The normalized spacial score (nSPS) is 13.5. The van der Waals surface area contributed by atoms with Gasteiger partial charge in [-0.25, -0.2) is 4.98 Å². The molecule has 2 aromatic carbocycles. The zero-order chi connectivity index (χ0) is 22.8. The number of anilines is 2. The largest absolute Gasteiger partial charge is 0.487 e. The highest BCUT2D eigenvalue weighted by atomic mass is 16.5. The van der Waals surface area contributed by atoms with Crippen LogP contribution in [-0.4, -0.2) is 27.7 Å². The number of pyridine rings is 1. The number of hydrogen-bond acceptors (Lipinski definition) is 4. The molecule has 2 aromatic heterocycles. The van der Waals surface area contributed by atoms with Crippen LogP contribution in [-0.2, 0) is 11.4 Å². The quantitative estimate of drug-likeness (QED) is 0.475. The van der Waals surface area contributed by atoms with Gasteiger partial charge in [0.1, 0.15) is 18.0 Å². The van der Waals surface area contributed by atoms with E-state index < -0.39 is 0 Å². The molecule has 1 fully saturated rings. The molecule has 0 atom stereocenters. The Balaban J connectivity index is 1.25. The summed E-state index contributed by atoms with van der Waals surface area (Å²) in [6.45, 7) is 3.05. The van der Waals surface area contributed by atoms with Gasteiger partial charge in [0.25, 0.3) is 5.91 Å². The number of aryl methyl sites for hydroxylation is 1. The van der Waals surface area contributed by atoms with Gasteiger partial charge in [0.05, 0.1) is 5.69 Å². The highest BCUT2D eigenvalue weighted by Gasteiger charge is 2.21. The fourth-order valence-corrected chi connectivity index (χ4v) is 3.99. The van der Waals surface area contributed by atoms with Crippen molar-refractivity contribution in [2.75, 3.05) is 16.8 Å². The summed E-state index contributed by atoms with van der Waals surface area (Å²) >= 11 is 0. The number of hydrogen-bond donors (Lipinski definition) is 1. The molecular formula is C26H24N4O3. The first-order valence-corrected chi connectivity index (χ1v) is 10.9. The molecule has 0 unspecified atom stereocenters. The first-order chi connectivity index (χ1) is 16.0. The fraction of sp³-hybridized carbons (Fsp3) is 0.192. The van der Waals surface area contributed by atoms with Crippen LogP contribution in [0.5, 0.6) is 5.75 Å². The average molecular weight is 441 g/mol. The lowest BCUT2D eigenvalue weighted by molar-refractivity contribution is -0.117. The molecule has 0 spiro atoms. The molecule has 5 rings (SSSR count). The van der Waals surface area contributed by atoms with Crippen LogP contribution >= 0.6 is 0 Å². The van der Waals surface area contributed by atoms with Crippen LogP contribution in [0.1, 0.15) is 34.5 Å². The van der Waals surface area contributed by atoms with Gasteiger partial charge in [-0.1, -0.05) is 18.2 Å². The van der Waals surface area contributed by atoms with Crippen LogP contribution < -0.4 is 15.0 Å². The van der Waals surface area contributed by atoms with Crippen molar-refractivity contribution in [2.45, 2.75) is 26.4 Å². The Hall–Kier alpha value is -4.13. The lowest BCUT2D eigenvalue weighted by atomic mass is 10.2. The van der Waals surface area contributed by atoms with E-state index in [1.165, 1.54) is 0 Å². The van der Waals surface area contributed by atoms with Crippen LogP contribution in [0.3, 0.4) is 0 Å². The Kier molecular flexibility index (Phi) is 5.52. The monoisotopic (exact) mass is 440 g/mol. The second-order valence-electron chi connectivity index (χ2n) is 8.17. The number of nitrogens with one attached hydrogen (secondary N) is 1. The van der Waals surface area contributed by atoms with E-state index in [0.29, 0.717) is 36.6 Å². The standard InChI is InChI=1S/C26H24N4O3/c1-18-10-11-24-27-21(16-29(24)15-18)17-33-23-8-2-5-19(13-23)26(32)28-20-6-3-7-22(14-20)30-12-4-9-25(30)31/h2-3,5-8,10-11,13-16H,4,9,12,17H2,1H3,(H,28,32). The van der Waals surface area contributed by atoms with Gasteiger partial charge in [0.15, 0.2) is 0 Å². The van der Waals surface area contributed by atoms with Crippen LogP contribution in [0.2, 0.25) is 0 Å². The van der Waals surface area contributed by atoms with Gasteiger partial charge in [0, 0.05) is 42.3 Å². The van der Waals surface area contributed by atoms with E-state index in [1.54, 1.807) is 23.1 Å². The van der Waals surface area contributed by atoms with E-state index in [1.807, 2.05) is 66.2 Å². The van der Waals surface area contributed by atoms with Crippen LogP contribution in [0.4, 0.5) is 11.4 Å². The molecular weight excluding hydrogens is 416 g/mol. The maximum absolute atomic E-state index is 12.8.